The minimum Gasteiger partial charge on any atom is -0.494 e. The highest BCUT2D eigenvalue weighted by molar-refractivity contribution is 7.88. The first-order valence-electron chi connectivity index (χ1n) is 8.40. The van der Waals surface area contributed by atoms with Gasteiger partial charge in [-0.2, -0.15) is 48.2 Å². The van der Waals surface area contributed by atoms with Crippen molar-refractivity contribution >= 4 is 52.6 Å². The lowest BCUT2D eigenvalue weighted by Gasteiger charge is -2.17. The highest BCUT2D eigenvalue weighted by Crippen LogP contribution is 2.44. The third-order valence-electron chi connectivity index (χ3n) is 4.50. The van der Waals surface area contributed by atoms with Crippen molar-refractivity contribution in [2.45, 2.75) is 11.0 Å². The zero-order valence-corrected chi connectivity index (χ0v) is 17.3. The van der Waals surface area contributed by atoms with Crippen molar-refractivity contribution in [2.75, 3.05) is 0 Å². The molecule has 0 unspecified atom stereocenters. The summed E-state index contributed by atoms with van der Waals surface area (Å²) in [4.78, 5) is 17.4. The van der Waals surface area contributed by atoms with Gasteiger partial charge in [-0.05, 0) is 24.3 Å². The van der Waals surface area contributed by atoms with E-state index in [9.17, 15) is 53.1 Å². The van der Waals surface area contributed by atoms with Gasteiger partial charge in [0.1, 0.15) is 0 Å². The lowest BCUT2D eigenvalue weighted by Crippen LogP contribution is -2.29. The van der Waals surface area contributed by atoms with Crippen LogP contribution in [-0.2, 0) is 20.2 Å². The number of aromatic nitrogens is 2. The molecule has 2 heterocycles. The quantitative estimate of drug-likeness (QED) is 0.175. The topological polar surface area (TPSA) is 153 Å². The number of pyridine rings is 2. The van der Waals surface area contributed by atoms with Crippen LogP contribution in [0.1, 0.15) is 0 Å². The summed E-state index contributed by atoms with van der Waals surface area (Å²) in [5.41, 5.74) is -12.9. The van der Waals surface area contributed by atoms with Crippen LogP contribution in [-0.4, -0.2) is 42.9 Å². The van der Waals surface area contributed by atoms with E-state index in [1.54, 1.807) is 0 Å². The summed E-state index contributed by atoms with van der Waals surface area (Å²) < 4.78 is 131. The summed E-state index contributed by atoms with van der Waals surface area (Å²) in [7, 11) is -12.9. The Morgan fingerprint density at radius 2 is 1.12 bits per heavy atom. The van der Waals surface area contributed by atoms with Crippen molar-refractivity contribution in [1.29, 1.82) is 0 Å². The Bertz CT molecular complexity index is 1680. The molecule has 10 nitrogen and oxygen atoms in total. The van der Waals surface area contributed by atoms with Crippen molar-refractivity contribution < 1.29 is 56.7 Å². The van der Waals surface area contributed by atoms with E-state index in [1.807, 2.05) is 0 Å². The summed E-state index contributed by atoms with van der Waals surface area (Å²) in [6.45, 7) is 0. The van der Waals surface area contributed by atoms with E-state index in [2.05, 4.69) is 18.3 Å². The van der Waals surface area contributed by atoms with Crippen molar-refractivity contribution in [2.24, 2.45) is 0 Å². The second kappa shape index (κ2) is 6.98. The average Bonchev–Trinajstić information content (AvgIpc) is 2.67. The van der Waals surface area contributed by atoms with Crippen LogP contribution < -0.4 is 13.9 Å². The van der Waals surface area contributed by atoms with Gasteiger partial charge in [-0.1, -0.05) is 0 Å². The van der Waals surface area contributed by atoms with Gasteiger partial charge in [-0.15, -0.1) is 0 Å². The first-order valence-corrected chi connectivity index (χ1v) is 11.2. The zero-order valence-electron chi connectivity index (χ0n) is 15.6. The molecule has 2 N–H and O–H groups in total. The molecule has 4 rings (SSSR count). The molecule has 0 bridgehead atoms. The van der Waals surface area contributed by atoms with Crippen LogP contribution in [0.25, 0.3) is 32.3 Å². The Balaban J connectivity index is 2.17. The van der Waals surface area contributed by atoms with Gasteiger partial charge in [0.25, 0.3) is 5.56 Å². The van der Waals surface area contributed by atoms with E-state index in [0.29, 0.717) is 0 Å². The number of rotatable bonds is 4. The van der Waals surface area contributed by atoms with Gasteiger partial charge in [-0.25, -0.2) is 0 Å². The molecule has 0 aliphatic carbocycles. The molecular weight excluding hydrogens is 526 g/mol. The van der Waals surface area contributed by atoms with E-state index < -0.39 is 70.6 Å². The number of nitrogens with zero attached hydrogens (tertiary/aromatic N) is 1. The van der Waals surface area contributed by atoms with Crippen LogP contribution in [0.15, 0.2) is 29.1 Å². The standard InChI is InChI=1S/C16H6F6N2O8S2/c17-15(18,19)33(27,28)31-13-7-3-1-5-9-6(12(26)23-11(5)25)2-4-8(10(7)9)14(24-13)32-34(29,30)16(20,21)22/h1-4H,(H2,23,25,26). The smallest absolute Gasteiger partial charge is 0.494 e. The van der Waals surface area contributed by atoms with Crippen LogP contribution in [0.4, 0.5) is 26.3 Å². The maximum Gasteiger partial charge on any atom is 0.534 e. The van der Waals surface area contributed by atoms with Gasteiger partial charge >= 0.3 is 31.3 Å². The van der Waals surface area contributed by atoms with Crippen LogP contribution in [0.2, 0.25) is 0 Å². The number of hydrogen-bond acceptors (Lipinski definition) is 9. The molecule has 0 aliphatic heterocycles. The fourth-order valence-electron chi connectivity index (χ4n) is 3.12. The molecule has 0 fully saturated rings. The van der Waals surface area contributed by atoms with Gasteiger partial charge in [0, 0.05) is 32.3 Å². The number of H-pyrrole nitrogens is 1. The number of benzene rings is 2. The summed E-state index contributed by atoms with van der Waals surface area (Å²) in [6.07, 6.45) is 0. The molecule has 0 aliphatic rings. The lowest BCUT2D eigenvalue weighted by atomic mass is 9.96. The molecule has 34 heavy (non-hydrogen) atoms. The molecule has 0 atom stereocenters. The maximum absolute atomic E-state index is 12.9. The fourth-order valence-corrected chi connectivity index (χ4v) is 3.98. The Kier molecular flexibility index (Phi) is 4.85. The first-order chi connectivity index (χ1) is 15.4. The zero-order chi connectivity index (χ0) is 25.4. The van der Waals surface area contributed by atoms with Gasteiger partial charge in [0.05, 0.1) is 0 Å². The second-order valence-corrected chi connectivity index (χ2v) is 9.64. The average molecular weight is 532 g/mol. The van der Waals surface area contributed by atoms with Crippen molar-refractivity contribution in [3.05, 3.63) is 34.6 Å². The predicted octanol–water partition coefficient (Wildman–Crippen LogP) is 2.83. The lowest BCUT2D eigenvalue weighted by molar-refractivity contribution is -0.0502. The molecule has 18 heteroatoms. The number of aromatic amines is 1. The molecule has 182 valence electrons. The Morgan fingerprint density at radius 1 is 0.735 bits per heavy atom. The van der Waals surface area contributed by atoms with E-state index >= 15 is 0 Å². The van der Waals surface area contributed by atoms with E-state index in [-0.39, 0.29) is 16.2 Å². The first kappa shape index (κ1) is 23.6. The van der Waals surface area contributed by atoms with Crippen LogP contribution in [0, 0.1) is 0 Å². The maximum atomic E-state index is 12.9. The minimum atomic E-state index is -6.43. The summed E-state index contributed by atoms with van der Waals surface area (Å²) in [6, 6.07) is 3.77. The Hall–Kier alpha value is -3.54. The minimum absolute atomic E-state index is 0.173. The van der Waals surface area contributed by atoms with Crippen LogP contribution in [0.5, 0.6) is 17.6 Å². The largest absolute Gasteiger partial charge is 0.534 e. The second-order valence-electron chi connectivity index (χ2n) is 6.56. The molecule has 2 aromatic carbocycles. The number of nitrogens with one attached hydrogen (secondary N) is 1. The van der Waals surface area contributed by atoms with E-state index in [1.165, 1.54) is 0 Å². The number of hydrogen-bond donors (Lipinski definition) is 2. The molecule has 4 aromatic rings. The molecule has 0 amide bonds. The Labute approximate surface area is 182 Å². The third-order valence-corrected chi connectivity index (χ3v) is 6.39. The van der Waals surface area contributed by atoms with Crippen LogP contribution >= 0.6 is 0 Å². The predicted molar refractivity (Wildman–Crippen MR) is 101 cm³/mol. The molecule has 0 saturated carbocycles. The molecular formula is C16H6F6N2O8S2. The number of alkyl halides is 6. The van der Waals surface area contributed by atoms with Gasteiger partial charge in [-0.3, -0.25) is 9.78 Å². The summed E-state index contributed by atoms with van der Waals surface area (Å²) in [5.74, 6) is -3.74. The number of halogens is 6. The van der Waals surface area contributed by atoms with E-state index in [0.717, 1.165) is 24.3 Å². The van der Waals surface area contributed by atoms with Crippen molar-refractivity contribution in [3.8, 4) is 17.6 Å². The number of aromatic hydroxyl groups is 1. The summed E-state index contributed by atoms with van der Waals surface area (Å²) in [5, 5.41) is 7.71. The fraction of sp³-hybridized carbons (Fsp3) is 0.125. The van der Waals surface area contributed by atoms with Crippen LogP contribution in [0.3, 0.4) is 0 Å². The van der Waals surface area contributed by atoms with Gasteiger partial charge in [0.2, 0.25) is 11.8 Å². The Morgan fingerprint density at radius 3 is 1.56 bits per heavy atom. The summed E-state index contributed by atoms with van der Waals surface area (Å²) >= 11 is 0. The third kappa shape index (κ3) is 3.49. The molecule has 0 spiro atoms. The molecule has 2 aromatic heterocycles. The normalized spacial score (nSPS) is 13.7. The van der Waals surface area contributed by atoms with E-state index in [4.69, 9.17) is 0 Å². The van der Waals surface area contributed by atoms with Crippen molar-refractivity contribution in [1.82, 2.24) is 9.97 Å². The van der Waals surface area contributed by atoms with Crippen molar-refractivity contribution in [3.63, 3.8) is 0 Å². The highest BCUT2D eigenvalue weighted by atomic mass is 32.2. The molecule has 0 saturated heterocycles. The molecule has 0 radical (unpaired) electrons. The highest BCUT2D eigenvalue weighted by Gasteiger charge is 2.50. The monoisotopic (exact) mass is 532 g/mol. The van der Waals surface area contributed by atoms with Gasteiger partial charge < -0.3 is 13.5 Å². The van der Waals surface area contributed by atoms with Gasteiger partial charge in [0.15, 0.2) is 5.88 Å². The SMILES string of the molecule is O=c1[nH]c(O)c2ccc3c(OS(=O)(=O)C(F)(F)F)nc(OS(=O)(=O)C(F)(F)F)c4ccc1c2c34.